The molecule has 3 nitrogen and oxygen atoms in total. The van der Waals surface area contributed by atoms with Crippen molar-refractivity contribution >= 4 is 39.7 Å². The topological polar surface area (TPSA) is 39.3 Å². The molecule has 1 atom stereocenters. The summed E-state index contributed by atoms with van der Waals surface area (Å²) in [6.07, 6.45) is 5.81. The zero-order valence-electron chi connectivity index (χ0n) is 16.8. The van der Waals surface area contributed by atoms with E-state index in [-0.39, 0.29) is 12.1 Å². The van der Waals surface area contributed by atoms with Crippen molar-refractivity contribution in [3.05, 3.63) is 75.4 Å². The number of fused-ring (bicyclic) bond motifs is 1. The van der Waals surface area contributed by atoms with Gasteiger partial charge in [0.15, 0.2) is 0 Å². The molecule has 29 heavy (non-hydrogen) atoms. The Labute approximate surface area is 181 Å². The molecule has 1 aliphatic carbocycles. The zero-order valence-corrected chi connectivity index (χ0v) is 18.3. The van der Waals surface area contributed by atoms with Gasteiger partial charge in [-0.2, -0.15) is 0 Å². The highest BCUT2D eigenvalue weighted by molar-refractivity contribution is 6.39. The fourth-order valence-corrected chi connectivity index (χ4v) is 5.30. The maximum atomic E-state index is 9.66. The van der Waals surface area contributed by atoms with Gasteiger partial charge in [-0.05, 0) is 68.6 Å². The van der Waals surface area contributed by atoms with Crippen LogP contribution in [0.1, 0.15) is 36.1 Å². The van der Waals surface area contributed by atoms with Crippen LogP contribution in [0.2, 0.25) is 10.0 Å². The summed E-state index contributed by atoms with van der Waals surface area (Å²) < 4.78 is 0. The Balaban J connectivity index is 1.78. The molecule has 2 aromatic carbocycles. The number of hydrogen-bond donors (Lipinski definition) is 2. The minimum absolute atomic E-state index is 0.00509. The Bertz CT molecular complexity index is 1060. The van der Waals surface area contributed by atoms with Crippen molar-refractivity contribution in [1.29, 1.82) is 0 Å². The van der Waals surface area contributed by atoms with Gasteiger partial charge in [-0.25, -0.2) is 0 Å². The summed E-state index contributed by atoms with van der Waals surface area (Å²) in [6.45, 7) is 0.0812. The zero-order chi connectivity index (χ0) is 20.6. The second-order valence-corrected chi connectivity index (χ2v) is 8.83. The molecule has 0 saturated heterocycles. The Morgan fingerprint density at radius 2 is 1.90 bits per heavy atom. The van der Waals surface area contributed by atoms with Gasteiger partial charge in [0.1, 0.15) is 0 Å². The van der Waals surface area contributed by atoms with E-state index in [1.54, 1.807) is 6.07 Å². The van der Waals surface area contributed by atoms with Crippen LogP contribution in [0.4, 0.5) is 0 Å². The number of aromatic nitrogens is 1. The minimum atomic E-state index is -0.00509. The first kappa shape index (κ1) is 20.5. The van der Waals surface area contributed by atoms with Gasteiger partial charge in [0.2, 0.25) is 0 Å². The van der Waals surface area contributed by atoms with Crippen molar-refractivity contribution in [3.63, 3.8) is 0 Å². The molecule has 0 amide bonds. The molecule has 3 aromatic rings. The van der Waals surface area contributed by atoms with Gasteiger partial charge in [0, 0.05) is 33.8 Å². The Morgan fingerprint density at radius 3 is 2.52 bits per heavy atom. The van der Waals surface area contributed by atoms with Crippen molar-refractivity contribution in [1.82, 2.24) is 9.88 Å². The summed E-state index contributed by atoms with van der Waals surface area (Å²) in [7, 11) is 4.32. The van der Waals surface area contributed by atoms with Crippen molar-refractivity contribution in [2.24, 2.45) is 0 Å². The molecule has 1 unspecified atom stereocenters. The molecule has 0 radical (unpaired) electrons. The van der Waals surface area contributed by atoms with Crippen LogP contribution in [-0.4, -0.2) is 35.7 Å². The summed E-state index contributed by atoms with van der Waals surface area (Å²) in [4.78, 5) is 5.87. The maximum absolute atomic E-state index is 9.66. The largest absolute Gasteiger partial charge is 0.396 e. The first-order valence-electron chi connectivity index (χ1n) is 9.99. The van der Waals surface area contributed by atoms with Gasteiger partial charge in [-0.15, -0.1) is 0 Å². The molecular weight excluding hydrogens is 403 g/mol. The third-order valence-corrected chi connectivity index (χ3v) is 6.78. The smallest absolute Gasteiger partial charge is 0.0517 e. The SMILES string of the molecule is CN(C)C1(c2ccccc2)CC=C(c2[nH]c3cc(Cl)cc(Cl)c3c2CCO)CC1. The molecule has 1 heterocycles. The van der Waals surface area contributed by atoms with E-state index in [4.69, 9.17) is 23.2 Å². The number of benzene rings is 2. The normalized spacial score (nSPS) is 19.7. The lowest BCUT2D eigenvalue weighted by molar-refractivity contribution is 0.138. The highest BCUT2D eigenvalue weighted by Gasteiger charge is 2.36. The van der Waals surface area contributed by atoms with Gasteiger partial charge < -0.3 is 10.1 Å². The number of nitrogens with one attached hydrogen (secondary N) is 1. The highest BCUT2D eigenvalue weighted by atomic mass is 35.5. The van der Waals surface area contributed by atoms with Crippen LogP contribution in [0, 0.1) is 0 Å². The van der Waals surface area contributed by atoms with Crippen molar-refractivity contribution in [2.45, 2.75) is 31.2 Å². The molecular formula is C24H26Cl2N2O. The van der Waals surface area contributed by atoms with E-state index in [1.807, 2.05) is 6.07 Å². The maximum Gasteiger partial charge on any atom is 0.0517 e. The van der Waals surface area contributed by atoms with E-state index in [0.29, 0.717) is 16.5 Å². The van der Waals surface area contributed by atoms with E-state index < -0.39 is 0 Å². The number of halogens is 2. The standard InChI is InChI=1S/C24H26Cl2N2O/c1-28(2)24(17-6-4-3-5-7-17)11-8-16(9-12-24)23-19(10-13-29)22-20(26)14-18(25)15-21(22)27-23/h3-8,14-15,27,29H,9-13H2,1-2H3. The summed E-state index contributed by atoms with van der Waals surface area (Å²) in [5.41, 5.74) is 5.71. The lowest BCUT2D eigenvalue weighted by Crippen LogP contribution is -2.42. The van der Waals surface area contributed by atoms with E-state index in [9.17, 15) is 5.11 Å². The Hall–Kier alpha value is -1.78. The number of rotatable bonds is 5. The van der Waals surface area contributed by atoms with Crippen LogP contribution < -0.4 is 0 Å². The lowest BCUT2D eigenvalue weighted by atomic mass is 9.75. The first-order valence-corrected chi connectivity index (χ1v) is 10.7. The van der Waals surface area contributed by atoms with Crippen LogP contribution in [-0.2, 0) is 12.0 Å². The summed E-state index contributed by atoms with van der Waals surface area (Å²) >= 11 is 12.7. The summed E-state index contributed by atoms with van der Waals surface area (Å²) in [5, 5.41) is 11.9. The van der Waals surface area contributed by atoms with Gasteiger partial charge in [0.05, 0.1) is 5.02 Å². The van der Waals surface area contributed by atoms with E-state index in [2.05, 4.69) is 60.4 Å². The molecule has 0 spiro atoms. The van der Waals surface area contributed by atoms with Crippen molar-refractivity contribution < 1.29 is 5.11 Å². The number of aliphatic hydroxyl groups excluding tert-OH is 1. The number of hydrogen-bond acceptors (Lipinski definition) is 2. The molecule has 2 N–H and O–H groups in total. The van der Waals surface area contributed by atoms with Crippen LogP contribution in [0.3, 0.4) is 0 Å². The molecule has 0 saturated carbocycles. The quantitative estimate of drug-likeness (QED) is 0.520. The lowest BCUT2D eigenvalue weighted by Gasteiger charge is -2.43. The van der Waals surface area contributed by atoms with Gasteiger partial charge in [0.25, 0.3) is 0 Å². The van der Waals surface area contributed by atoms with Gasteiger partial charge >= 0.3 is 0 Å². The molecule has 0 bridgehead atoms. The van der Waals surface area contributed by atoms with E-state index in [1.165, 1.54) is 11.1 Å². The van der Waals surface area contributed by atoms with Crippen LogP contribution in [0.25, 0.3) is 16.5 Å². The average Bonchev–Trinajstić information content (AvgIpc) is 3.07. The Morgan fingerprint density at radius 1 is 1.14 bits per heavy atom. The van der Waals surface area contributed by atoms with Gasteiger partial charge in [-0.3, -0.25) is 4.90 Å². The molecule has 0 fully saturated rings. The van der Waals surface area contributed by atoms with Crippen LogP contribution in [0.5, 0.6) is 0 Å². The predicted molar refractivity (Wildman–Crippen MR) is 123 cm³/mol. The van der Waals surface area contributed by atoms with Crippen molar-refractivity contribution in [3.8, 4) is 0 Å². The average molecular weight is 429 g/mol. The van der Waals surface area contributed by atoms with Crippen molar-refractivity contribution in [2.75, 3.05) is 20.7 Å². The third kappa shape index (κ3) is 3.62. The van der Waals surface area contributed by atoms with Crippen LogP contribution >= 0.6 is 23.2 Å². The molecule has 1 aromatic heterocycles. The second-order valence-electron chi connectivity index (χ2n) is 7.99. The van der Waals surface area contributed by atoms with E-state index in [0.717, 1.165) is 41.4 Å². The number of aromatic amines is 1. The molecule has 152 valence electrons. The summed E-state index contributed by atoms with van der Waals surface area (Å²) in [5.74, 6) is 0. The predicted octanol–water partition coefficient (Wildman–Crippen LogP) is 6.03. The molecule has 1 aliphatic rings. The molecule has 4 rings (SSSR count). The second kappa shape index (κ2) is 8.16. The number of aliphatic hydroxyl groups is 1. The fraction of sp³-hybridized carbons (Fsp3) is 0.333. The number of H-pyrrole nitrogens is 1. The highest BCUT2D eigenvalue weighted by Crippen LogP contribution is 2.44. The van der Waals surface area contributed by atoms with Gasteiger partial charge in [-0.1, -0.05) is 59.6 Å². The third-order valence-electron chi connectivity index (χ3n) is 6.26. The number of nitrogens with zero attached hydrogens (tertiary/aromatic N) is 1. The van der Waals surface area contributed by atoms with Crippen LogP contribution in [0.15, 0.2) is 48.5 Å². The summed E-state index contributed by atoms with van der Waals surface area (Å²) in [6, 6.07) is 14.4. The fourth-order valence-electron chi connectivity index (χ4n) is 4.69. The molecule has 5 heteroatoms. The minimum Gasteiger partial charge on any atom is -0.396 e. The first-order chi connectivity index (χ1) is 14.0. The monoisotopic (exact) mass is 428 g/mol. The number of allylic oxidation sites excluding steroid dienone is 1. The Kier molecular flexibility index (Phi) is 5.76. The molecule has 0 aliphatic heterocycles. The van der Waals surface area contributed by atoms with E-state index >= 15 is 0 Å².